The molecule has 0 saturated carbocycles. The van der Waals surface area contributed by atoms with Gasteiger partial charge in [0.05, 0.1) is 0 Å². The number of imide groups is 1. The molecule has 2 rings (SSSR count). The third kappa shape index (κ3) is 6.33. The molecule has 0 saturated heterocycles. The number of hydrogen-bond acceptors (Lipinski definition) is 3. The lowest BCUT2D eigenvalue weighted by atomic mass is 10.0. The van der Waals surface area contributed by atoms with Crippen molar-refractivity contribution in [1.29, 1.82) is 0 Å². The van der Waals surface area contributed by atoms with Gasteiger partial charge in [-0.05, 0) is 37.8 Å². The predicted molar refractivity (Wildman–Crippen MR) is 104 cm³/mol. The van der Waals surface area contributed by atoms with Crippen molar-refractivity contribution in [1.82, 2.24) is 16.0 Å². The Bertz CT molecular complexity index is 689. The Morgan fingerprint density at radius 2 is 1.58 bits per heavy atom. The second-order valence-electron chi connectivity index (χ2n) is 6.28. The van der Waals surface area contributed by atoms with Crippen LogP contribution in [0.15, 0.2) is 60.7 Å². The Morgan fingerprint density at radius 1 is 0.962 bits per heavy atom. The summed E-state index contributed by atoms with van der Waals surface area (Å²) in [7, 11) is 0. The average molecular weight is 353 g/mol. The standard InChI is InChI=1S/C21H27N3O2/c1-3-22-21(26)24-20(25)19(18-12-8-5-9-13-18)23-16(2)14-15-17-10-6-4-7-11-17/h4-13,16,19,23H,3,14-15H2,1-2H3,(H2,22,24,25,26)/t16-,19+/m1/s1. The molecule has 5 heteroatoms. The quantitative estimate of drug-likeness (QED) is 0.683. The number of carbonyl (C=O) groups is 2. The molecule has 2 aromatic carbocycles. The lowest BCUT2D eigenvalue weighted by Crippen LogP contribution is -2.46. The van der Waals surface area contributed by atoms with Gasteiger partial charge in [-0.3, -0.25) is 15.4 Å². The van der Waals surface area contributed by atoms with Crippen LogP contribution in [0.25, 0.3) is 0 Å². The van der Waals surface area contributed by atoms with E-state index in [1.807, 2.05) is 55.5 Å². The smallest absolute Gasteiger partial charge is 0.321 e. The highest BCUT2D eigenvalue weighted by atomic mass is 16.2. The normalized spacial score (nSPS) is 12.8. The lowest BCUT2D eigenvalue weighted by Gasteiger charge is -2.23. The molecule has 0 aliphatic rings. The number of rotatable bonds is 8. The monoisotopic (exact) mass is 353 g/mol. The number of hydrogen-bond donors (Lipinski definition) is 3. The molecule has 0 bridgehead atoms. The number of amides is 3. The number of urea groups is 1. The van der Waals surface area contributed by atoms with Gasteiger partial charge >= 0.3 is 6.03 Å². The Morgan fingerprint density at radius 3 is 2.19 bits per heavy atom. The van der Waals surface area contributed by atoms with Crippen LogP contribution in [0.2, 0.25) is 0 Å². The maximum atomic E-state index is 12.6. The SMILES string of the molecule is CCNC(=O)NC(=O)[C@@H](N[C@H](C)CCc1ccccc1)c1ccccc1. The fourth-order valence-corrected chi connectivity index (χ4v) is 2.75. The molecule has 0 unspecified atom stereocenters. The zero-order valence-corrected chi connectivity index (χ0v) is 15.4. The van der Waals surface area contributed by atoms with Crippen LogP contribution < -0.4 is 16.0 Å². The van der Waals surface area contributed by atoms with E-state index in [0.29, 0.717) is 6.54 Å². The van der Waals surface area contributed by atoms with Gasteiger partial charge in [0, 0.05) is 12.6 Å². The maximum Gasteiger partial charge on any atom is 0.321 e. The first kappa shape index (κ1) is 19.7. The molecule has 0 aromatic heterocycles. The molecule has 26 heavy (non-hydrogen) atoms. The van der Waals surface area contributed by atoms with Crippen LogP contribution in [-0.4, -0.2) is 24.5 Å². The topological polar surface area (TPSA) is 70.2 Å². The fourth-order valence-electron chi connectivity index (χ4n) is 2.75. The second kappa shape index (κ2) is 10.4. The van der Waals surface area contributed by atoms with Gasteiger partial charge in [0.15, 0.2) is 0 Å². The van der Waals surface area contributed by atoms with Crippen molar-refractivity contribution < 1.29 is 9.59 Å². The van der Waals surface area contributed by atoms with E-state index in [0.717, 1.165) is 18.4 Å². The summed E-state index contributed by atoms with van der Waals surface area (Å²) in [6.07, 6.45) is 1.82. The van der Waals surface area contributed by atoms with Crippen molar-refractivity contribution in [2.24, 2.45) is 0 Å². The molecule has 3 N–H and O–H groups in total. The molecule has 138 valence electrons. The zero-order chi connectivity index (χ0) is 18.8. The van der Waals surface area contributed by atoms with E-state index in [1.165, 1.54) is 5.56 Å². The van der Waals surface area contributed by atoms with Crippen molar-refractivity contribution in [3.63, 3.8) is 0 Å². The summed E-state index contributed by atoms with van der Waals surface area (Å²) < 4.78 is 0. The third-order valence-electron chi connectivity index (χ3n) is 4.13. The Hall–Kier alpha value is -2.66. The molecule has 0 aliphatic carbocycles. The van der Waals surface area contributed by atoms with Crippen LogP contribution in [0.1, 0.15) is 37.4 Å². The summed E-state index contributed by atoms with van der Waals surface area (Å²) in [6.45, 7) is 4.33. The minimum Gasteiger partial charge on any atom is -0.338 e. The lowest BCUT2D eigenvalue weighted by molar-refractivity contribution is -0.122. The number of nitrogens with one attached hydrogen (secondary N) is 3. The van der Waals surface area contributed by atoms with Gasteiger partial charge in [0.2, 0.25) is 5.91 Å². The largest absolute Gasteiger partial charge is 0.338 e. The first-order chi connectivity index (χ1) is 12.6. The van der Waals surface area contributed by atoms with Crippen LogP contribution in [0.5, 0.6) is 0 Å². The van der Waals surface area contributed by atoms with Crippen molar-refractivity contribution in [2.75, 3.05) is 6.54 Å². The van der Waals surface area contributed by atoms with Crippen LogP contribution in [0, 0.1) is 0 Å². The summed E-state index contributed by atoms with van der Waals surface area (Å²) in [5.41, 5.74) is 2.10. The number of aryl methyl sites for hydroxylation is 1. The molecule has 0 spiro atoms. The highest BCUT2D eigenvalue weighted by molar-refractivity contribution is 5.97. The fraction of sp³-hybridized carbons (Fsp3) is 0.333. The Kier molecular flexibility index (Phi) is 7.83. The minimum absolute atomic E-state index is 0.111. The average Bonchev–Trinajstić information content (AvgIpc) is 2.66. The summed E-state index contributed by atoms with van der Waals surface area (Å²) in [5, 5.41) is 8.35. The molecule has 2 aromatic rings. The van der Waals surface area contributed by atoms with Crippen LogP contribution >= 0.6 is 0 Å². The highest BCUT2D eigenvalue weighted by Gasteiger charge is 2.23. The highest BCUT2D eigenvalue weighted by Crippen LogP contribution is 2.15. The summed E-state index contributed by atoms with van der Waals surface area (Å²) >= 11 is 0. The number of carbonyl (C=O) groups excluding carboxylic acids is 2. The first-order valence-electron chi connectivity index (χ1n) is 9.03. The van der Waals surface area contributed by atoms with Crippen molar-refractivity contribution in [2.45, 2.75) is 38.8 Å². The van der Waals surface area contributed by atoms with Crippen molar-refractivity contribution >= 4 is 11.9 Å². The predicted octanol–water partition coefficient (Wildman–Crippen LogP) is 3.18. The van der Waals surface area contributed by atoms with Gasteiger partial charge in [-0.15, -0.1) is 0 Å². The van der Waals surface area contributed by atoms with Gasteiger partial charge in [0.1, 0.15) is 6.04 Å². The molecule has 0 aliphatic heterocycles. The summed E-state index contributed by atoms with van der Waals surface area (Å²) in [6, 6.07) is 18.8. The summed E-state index contributed by atoms with van der Waals surface area (Å²) in [4.78, 5) is 24.3. The molecule has 2 atom stereocenters. The molecule has 5 nitrogen and oxygen atoms in total. The van der Waals surface area contributed by atoms with E-state index in [2.05, 4.69) is 35.0 Å². The third-order valence-corrected chi connectivity index (χ3v) is 4.13. The zero-order valence-electron chi connectivity index (χ0n) is 15.4. The van der Waals surface area contributed by atoms with Gasteiger partial charge < -0.3 is 5.32 Å². The Labute approximate surface area is 155 Å². The van der Waals surface area contributed by atoms with Gasteiger partial charge in [-0.2, -0.15) is 0 Å². The molecule has 3 amide bonds. The second-order valence-corrected chi connectivity index (χ2v) is 6.28. The van der Waals surface area contributed by atoms with Crippen molar-refractivity contribution in [3.05, 3.63) is 71.8 Å². The molecule has 0 radical (unpaired) electrons. The molecule has 0 heterocycles. The van der Waals surface area contributed by atoms with Crippen LogP contribution in [-0.2, 0) is 11.2 Å². The van der Waals surface area contributed by atoms with E-state index in [4.69, 9.17) is 0 Å². The van der Waals surface area contributed by atoms with E-state index in [9.17, 15) is 9.59 Å². The first-order valence-corrected chi connectivity index (χ1v) is 9.03. The molecular formula is C21H27N3O2. The van der Waals surface area contributed by atoms with E-state index in [-0.39, 0.29) is 11.9 Å². The number of benzene rings is 2. The van der Waals surface area contributed by atoms with Crippen molar-refractivity contribution in [3.8, 4) is 0 Å². The van der Waals surface area contributed by atoms with E-state index in [1.54, 1.807) is 0 Å². The Balaban J connectivity index is 2.01. The van der Waals surface area contributed by atoms with Crippen LogP contribution in [0.4, 0.5) is 4.79 Å². The summed E-state index contributed by atoms with van der Waals surface area (Å²) in [5.74, 6) is -0.353. The molecular weight excluding hydrogens is 326 g/mol. The van der Waals surface area contributed by atoms with Gasteiger partial charge in [0.25, 0.3) is 0 Å². The van der Waals surface area contributed by atoms with Crippen LogP contribution in [0.3, 0.4) is 0 Å². The van der Waals surface area contributed by atoms with E-state index < -0.39 is 12.1 Å². The minimum atomic E-state index is -0.579. The van der Waals surface area contributed by atoms with Gasteiger partial charge in [-0.25, -0.2) is 4.79 Å². The molecule has 0 fully saturated rings. The van der Waals surface area contributed by atoms with Gasteiger partial charge in [-0.1, -0.05) is 60.7 Å². The van der Waals surface area contributed by atoms with E-state index >= 15 is 0 Å². The maximum absolute atomic E-state index is 12.6.